The molecule has 0 radical (unpaired) electrons. The van der Waals surface area contributed by atoms with Gasteiger partial charge in [-0.15, -0.1) is 0 Å². The molecule has 5 nitrogen and oxygen atoms in total. The minimum absolute atomic E-state index is 0.288. The second-order valence-corrected chi connectivity index (χ2v) is 3.40. The lowest BCUT2D eigenvalue weighted by Crippen LogP contribution is -2.04. The highest BCUT2D eigenvalue weighted by Crippen LogP contribution is 2.09. The van der Waals surface area contributed by atoms with Crippen LogP contribution in [0.5, 0.6) is 0 Å². The van der Waals surface area contributed by atoms with Crippen LogP contribution >= 0.6 is 0 Å². The summed E-state index contributed by atoms with van der Waals surface area (Å²) in [6, 6.07) is 0. The number of nitrogens with two attached hydrogens (primary N) is 1. The minimum atomic E-state index is 0.288. The molecule has 1 aromatic rings. The first kappa shape index (κ1) is 11.1. The fraction of sp³-hybridized carbons (Fsp3) is 0.778. The van der Waals surface area contributed by atoms with Crippen molar-refractivity contribution in [1.82, 2.24) is 10.1 Å². The highest BCUT2D eigenvalue weighted by atomic mass is 16.5. The third-order valence-electron chi connectivity index (χ3n) is 1.72. The van der Waals surface area contributed by atoms with E-state index in [4.69, 9.17) is 15.0 Å². The summed E-state index contributed by atoms with van der Waals surface area (Å²) < 4.78 is 10.3. The van der Waals surface area contributed by atoms with Crippen LogP contribution in [0.1, 0.15) is 37.9 Å². The molecule has 14 heavy (non-hydrogen) atoms. The lowest BCUT2D eigenvalue weighted by atomic mass is 10.2. The third kappa shape index (κ3) is 3.43. The van der Waals surface area contributed by atoms with Crippen molar-refractivity contribution in [3.8, 4) is 0 Å². The molecular weight excluding hydrogens is 182 g/mol. The summed E-state index contributed by atoms with van der Waals surface area (Å²) in [6.45, 7) is 5.69. The minimum Gasteiger partial charge on any atom is -0.372 e. The van der Waals surface area contributed by atoms with Crippen LogP contribution in [-0.4, -0.2) is 23.3 Å². The molecule has 1 rings (SSSR count). The Hall–Kier alpha value is -0.940. The molecule has 80 valence electrons. The SMILES string of the molecule is CC(C)c1noc(COCCCN)n1. The van der Waals surface area contributed by atoms with E-state index in [1.807, 2.05) is 13.8 Å². The molecule has 0 fully saturated rings. The summed E-state index contributed by atoms with van der Waals surface area (Å²) in [5.74, 6) is 1.55. The van der Waals surface area contributed by atoms with E-state index in [2.05, 4.69) is 10.1 Å². The Kier molecular flexibility index (Phi) is 4.55. The van der Waals surface area contributed by atoms with E-state index < -0.39 is 0 Å². The molecular formula is C9H17N3O2. The van der Waals surface area contributed by atoms with Crippen LogP contribution in [0.3, 0.4) is 0 Å². The van der Waals surface area contributed by atoms with Crippen molar-refractivity contribution in [2.24, 2.45) is 5.73 Å². The number of aromatic nitrogens is 2. The summed E-state index contributed by atoms with van der Waals surface area (Å²) in [6.07, 6.45) is 0.852. The quantitative estimate of drug-likeness (QED) is 0.693. The fourth-order valence-electron chi connectivity index (χ4n) is 0.906. The predicted octanol–water partition coefficient (Wildman–Crippen LogP) is 1.06. The van der Waals surface area contributed by atoms with E-state index >= 15 is 0 Å². The first-order chi connectivity index (χ1) is 6.74. The molecule has 0 saturated heterocycles. The van der Waals surface area contributed by atoms with Gasteiger partial charge in [0.2, 0.25) is 0 Å². The normalized spacial score (nSPS) is 11.1. The Bertz CT molecular complexity index is 260. The van der Waals surface area contributed by atoms with E-state index in [0.717, 1.165) is 12.2 Å². The second kappa shape index (κ2) is 5.72. The Morgan fingerprint density at radius 2 is 2.29 bits per heavy atom. The maximum Gasteiger partial charge on any atom is 0.252 e. The van der Waals surface area contributed by atoms with Crippen LogP contribution in [0.15, 0.2) is 4.52 Å². The lowest BCUT2D eigenvalue weighted by Gasteiger charge is -1.97. The molecule has 0 aromatic carbocycles. The van der Waals surface area contributed by atoms with E-state index in [1.165, 1.54) is 0 Å². The molecule has 0 unspecified atom stereocenters. The monoisotopic (exact) mass is 199 g/mol. The first-order valence-corrected chi connectivity index (χ1v) is 4.84. The Morgan fingerprint density at radius 1 is 1.50 bits per heavy atom. The molecule has 2 N–H and O–H groups in total. The van der Waals surface area contributed by atoms with Gasteiger partial charge < -0.3 is 15.0 Å². The maximum absolute atomic E-state index is 5.32. The van der Waals surface area contributed by atoms with Crippen molar-refractivity contribution in [2.45, 2.75) is 32.8 Å². The van der Waals surface area contributed by atoms with Crippen LogP contribution in [0.4, 0.5) is 0 Å². The molecule has 1 aromatic heterocycles. The molecule has 0 atom stereocenters. The molecule has 0 amide bonds. The van der Waals surface area contributed by atoms with Gasteiger partial charge in [0.1, 0.15) is 6.61 Å². The van der Waals surface area contributed by atoms with Gasteiger partial charge in [0.05, 0.1) is 0 Å². The molecule has 0 aliphatic heterocycles. The van der Waals surface area contributed by atoms with Crippen LogP contribution in [-0.2, 0) is 11.3 Å². The number of hydrogen-bond donors (Lipinski definition) is 1. The zero-order chi connectivity index (χ0) is 10.4. The van der Waals surface area contributed by atoms with Crippen LogP contribution < -0.4 is 5.73 Å². The second-order valence-electron chi connectivity index (χ2n) is 3.40. The van der Waals surface area contributed by atoms with Gasteiger partial charge in [-0.3, -0.25) is 0 Å². The van der Waals surface area contributed by atoms with Gasteiger partial charge in [0.25, 0.3) is 5.89 Å². The van der Waals surface area contributed by atoms with E-state index in [-0.39, 0.29) is 5.92 Å². The van der Waals surface area contributed by atoms with E-state index in [9.17, 15) is 0 Å². The summed E-state index contributed by atoms with van der Waals surface area (Å²) >= 11 is 0. The van der Waals surface area contributed by atoms with Crippen molar-refractivity contribution < 1.29 is 9.26 Å². The van der Waals surface area contributed by atoms with Crippen molar-refractivity contribution in [1.29, 1.82) is 0 Å². The molecule has 1 heterocycles. The predicted molar refractivity (Wildman–Crippen MR) is 51.7 cm³/mol. The van der Waals surface area contributed by atoms with Crippen molar-refractivity contribution >= 4 is 0 Å². The molecule has 0 aliphatic carbocycles. The Labute approximate surface area is 83.6 Å². The van der Waals surface area contributed by atoms with Crippen molar-refractivity contribution in [2.75, 3.05) is 13.2 Å². The average Bonchev–Trinajstić information content (AvgIpc) is 2.61. The maximum atomic E-state index is 5.32. The van der Waals surface area contributed by atoms with Gasteiger partial charge in [-0.1, -0.05) is 19.0 Å². The Balaban J connectivity index is 2.29. The number of ether oxygens (including phenoxy) is 1. The third-order valence-corrected chi connectivity index (χ3v) is 1.72. The summed E-state index contributed by atoms with van der Waals surface area (Å²) in [5.41, 5.74) is 5.32. The van der Waals surface area contributed by atoms with Crippen LogP contribution in [0, 0.1) is 0 Å². The summed E-state index contributed by atoms with van der Waals surface area (Å²) in [7, 11) is 0. The van der Waals surface area contributed by atoms with Gasteiger partial charge in [-0.05, 0) is 13.0 Å². The topological polar surface area (TPSA) is 74.2 Å². The van der Waals surface area contributed by atoms with Crippen molar-refractivity contribution in [3.05, 3.63) is 11.7 Å². The van der Waals surface area contributed by atoms with Crippen LogP contribution in [0.25, 0.3) is 0 Å². The van der Waals surface area contributed by atoms with Gasteiger partial charge in [-0.25, -0.2) is 0 Å². The van der Waals surface area contributed by atoms with Gasteiger partial charge in [0, 0.05) is 12.5 Å². The van der Waals surface area contributed by atoms with Crippen LogP contribution in [0.2, 0.25) is 0 Å². The van der Waals surface area contributed by atoms with Gasteiger partial charge in [0.15, 0.2) is 5.82 Å². The molecule has 0 bridgehead atoms. The molecule has 5 heteroatoms. The van der Waals surface area contributed by atoms with Crippen molar-refractivity contribution in [3.63, 3.8) is 0 Å². The largest absolute Gasteiger partial charge is 0.372 e. The van der Waals surface area contributed by atoms with Gasteiger partial charge >= 0.3 is 0 Å². The molecule has 0 saturated carbocycles. The summed E-state index contributed by atoms with van der Waals surface area (Å²) in [4.78, 5) is 4.17. The average molecular weight is 199 g/mol. The molecule has 0 aliphatic rings. The fourth-order valence-corrected chi connectivity index (χ4v) is 0.906. The first-order valence-electron chi connectivity index (χ1n) is 4.84. The zero-order valence-corrected chi connectivity index (χ0v) is 8.69. The number of rotatable bonds is 6. The molecule has 0 spiro atoms. The van der Waals surface area contributed by atoms with E-state index in [0.29, 0.717) is 25.6 Å². The number of nitrogens with zero attached hydrogens (tertiary/aromatic N) is 2. The van der Waals surface area contributed by atoms with Gasteiger partial charge in [-0.2, -0.15) is 4.98 Å². The smallest absolute Gasteiger partial charge is 0.252 e. The highest BCUT2D eigenvalue weighted by molar-refractivity contribution is 4.90. The Morgan fingerprint density at radius 3 is 2.86 bits per heavy atom. The highest BCUT2D eigenvalue weighted by Gasteiger charge is 2.08. The van der Waals surface area contributed by atoms with E-state index in [1.54, 1.807) is 0 Å². The standard InChI is InChI=1S/C9H17N3O2/c1-7(2)9-11-8(14-12-9)6-13-5-3-4-10/h7H,3-6,10H2,1-2H3. The lowest BCUT2D eigenvalue weighted by molar-refractivity contribution is 0.0969. The number of hydrogen-bond acceptors (Lipinski definition) is 5. The zero-order valence-electron chi connectivity index (χ0n) is 8.69. The summed E-state index contributed by atoms with van der Waals surface area (Å²) in [5, 5.41) is 3.82.